The van der Waals surface area contributed by atoms with E-state index in [2.05, 4.69) is 23.7 Å². The molecule has 0 spiro atoms. The largest absolute Gasteiger partial charge is 2.00 e. The van der Waals surface area contributed by atoms with Crippen LogP contribution in [-0.2, 0) is 27.2 Å². The van der Waals surface area contributed by atoms with Gasteiger partial charge in [-0.15, -0.1) is 0 Å². The molecule has 0 aromatic carbocycles. The van der Waals surface area contributed by atoms with E-state index in [9.17, 15) is 0 Å². The van der Waals surface area contributed by atoms with E-state index in [1.807, 2.05) is 0 Å². The Morgan fingerprint density at radius 1 is 1.30 bits per heavy atom. The molecule has 0 saturated heterocycles. The van der Waals surface area contributed by atoms with Gasteiger partial charge >= 0.3 is 16.8 Å². The van der Waals surface area contributed by atoms with Crippen molar-refractivity contribution < 1.29 is 34.3 Å². The minimum atomic E-state index is -5.17. The van der Waals surface area contributed by atoms with Crippen LogP contribution in [0.25, 0.3) is 0 Å². The topological polar surface area (TPSA) is 132 Å². The van der Waals surface area contributed by atoms with Crippen molar-refractivity contribution >= 4 is 27.7 Å². The summed E-state index contributed by atoms with van der Waals surface area (Å²) in [6.07, 6.45) is 0. The first-order valence-electron chi connectivity index (χ1n) is 1.45. The van der Waals surface area contributed by atoms with Crippen molar-refractivity contribution in [3.63, 3.8) is 0 Å². The van der Waals surface area contributed by atoms with Crippen LogP contribution in [0.2, 0.25) is 0 Å². The molecule has 0 rings (SSSR count). The molecule has 6 nitrogen and oxygen atoms in total. The van der Waals surface area contributed by atoms with E-state index >= 15 is 0 Å². The minimum absolute atomic E-state index is 0. The molecule has 10 heavy (non-hydrogen) atoms. The minimum Gasteiger partial charge on any atom is -0.759 e. The van der Waals surface area contributed by atoms with E-state index in [-0.39, 0.29) is 21.9 Å². The van der Waals surface area contributed by atoms with Gasteiger partial charge in [-0.2, -0.15) is 0 Å². The number of hydrogen-bond donors (Lipinski definition) is 2. The van der Waals surface area contributed by atoms with E-state index < -0.39 is 10.4 Å². The molecular weight excluding hydrogens is 227 g/mol. The number of rotatable bonds is 0. The van der Waals surface area contributed by atoms with Gasteiger partial charge in [-0.3, -0.25) is 8.42 Å². The number of hydrogen-bond acceptors (Lipinski definition) is 5. The SMILES string of the molecule is NC(N)=S.O=S(=O)([O-])[O-].[Co+2]. The molecule has 4 N–H and O–H groups in total. The molecule has 0 aromatic rings. The summed E-state index contributed by atoms with van der Waals surface area (Å²) in [5.41, 5.74) is 9.24. The summed E-state index contributed by atoms with van der Waals surface area (Å²) in [6.45, 7) is 0. The molecule has 0 heterocycles. The first-order valence-corrected chi connectivity index (χ1v) is 3.19. The predicted molar refractivity (Wildman–Crippen MR) is 31.4 cm³/mol. The summed E-state index contributed by atoms with van der Waals surface area (Å²) in [6, 6.07) is 0. The second-order valence-electron chi connectivity index (χ2n) is 0.811. The zero-order chi connectivity index (χ0) is 8.08. The Hall–Kier alpha value is 0.0665. The average molecular weight is 231 g/mol. The maximum Gasteiger partial charge on any atom is 2.00 e. The predicted octanol–water partition coefficient (Wildman–Crippen LogP) is -2.15. The molecule has 63 valence electrons. The van der Waals surface area contributed by atoms with Crippen LogP contribution in [0, 0.1) is 0 Å². The van der Waals surface area contributed by atoms with Gasteiger partial charge in [-0.25, -0.2) is 0 Å². The van der Waals surface area contributed by atoms with Gasteiger partial charge in [0.2, 0.25) is 0 Å². The van der Waals surface area contributed by atoms with Crippen molar-refractivity contribution in [2.24, 2.45) is 11.5 Å². The zero-order valence-corrected chi connectivity index (χ0v) is 7.11. The van der Waals surface area contributed by atoms with Crippen LogP contribution < -0.4 is 11.5 Å². The maximum atomic E-state index is 8.52. The molecule has 0 amide bonds. The monoisotopic (exact) mass is 231 g/mol. The van der Waals surface area contributed by atoms with E-state index in [0.29, 0.717) is 0 Å². The van der Waals surface area contributed by atoms with Gasteiger partial charge < -0.3 is 20.6 Å². The zero-order valence-electron chi connectivity index (χ0n) is 4.44. The van der Waals surface area contributed by atoms with Crippen molar-refractivity contribution in [1.29, 1.82) is 0 Å². The summed E-state index contributed by atoms with van der Waals surface area (Å²) in [5, 5.41) is 0.000000000000000222. The molecule has 0 aliphatic carbocycles. The molecule has 0 atom stereocenters. The Labute approximate surface area is 73.7 Å². The van der Waals surface area contributed by atoms with E-state index in [4.69, 9.17) is 17.5 Å². The summed E-state index contributed by atoms with van der Waals surface area (Å²) >= 11 is 4.09. The second-order valence-corrected chi connectivity index (χ2v) is 2.10. The van der Waals surface area contributed by atoms with Crippen LogP contribution in [0.4, 0.5) is 0 Å². The Kier molecular flexibility index (Phi) is 11.9. The Morgan fingerprint density at radius 3 is 1.30 bits per heavy atom. The molecule has 0 aliphatic heterocycles. The van der Waals surface area contributed by atoms with Gasteiger partial charge in [0.25, 0.3) is 0 Å². The molecule has 1 radical (unpaired) electrons. The molecular formula is CH4CoN2O4S2. The third kappa shape index (κ3) is 91100. The third-order valence-electron chi connectivity index (χ3n) is 0. The molecule has 0 fully saturated rings. The van der Waals surface area contributed by atoms with Gasteiger partial charge in [0, 0.05) is 10.4 Å². The molecule has 0 aromatic heterocycles. The first-order chi connectivity index (χ1) is 3.73. The van der Waals surface area contributed by atoms with Crippen LogP contribution >= 0.6 is 12.2 Å². The van der Waals surface area contributed by atoms with Crippen molar-refractivity contribution in [3.8, 4) is 0 Å². The van der Waals surface area contributed by atoms with Crippen LogP contribution in [0.15, 0.2) is 0 Å². The molecule has 9 heteroatoms. The molecule has 0 unspecified atom stereocenters. The Morgan fingerprint density at radius 2 is 1.30 bits per heavy atom. The van der Waals surface area contributed by atoms with Gasteiger partial charge in [-0.1, -0.05) is 0 Å². The van der Waals surface area contributed by atoms with Crippen molar-refractivity contribution in [3.05, 3.63) is 0 Å². The summed E-state index contributed by atoms with van der Waals surface area (Å²) in [4.78, 5) is 0. The second kappa shape index (κ2) is 7.18. The fourth-order valence-electron chi connectivity index (χ4n) is 0. The normalized spacial score (nSPS) is 8.20. The number of nitrogens with two attached hydrogens (primary N) is 2. The van der Waals surface area contributed by atoms with Crippen LogP contribution in [-0.4, -0.2) is 22.6 Å². The van der Waals surface area contributed by atoms with Crippen LogP contribution in [0.5, 0.6) is 0 Å². The standard InChI is InChI=1S/CH4N2S.Co.H2O4S/c2-1(3)4;;1-5(2,3)4/h(H4,2,3,4);;(H2,1,2,3,4)/q;+2;/p-2. The van der Waals surface area contributed by atoms with Gasteiger partial charge in [0.1, 0.15) is 0 Å². The van der Waals surface area contributed by atoms with Crippen molar-refractivity contribution in [2.75, 3.05) is 0 Å². The van der Waals surface area contributed by atoms with Gasteiger partial charge in [0.05, 0.1) is 0 Å². The van der Waals surface area contributed by atoms with Crippen molar-refractivity contribution in [2.45, 2.75) is 0 Å². The third-order valence-corrected chi connectivity index (χ3v) is 0. The van der Waals surface area contributed by atoms with Crippen LogP contribution in [0.3, 0.4) is 0 Å². The van der Waals surface area contributed by atoms with E-state index in [1.54, 1.807) is 0 Å². The first kappa shape index (κ1) is 16.6. The summed E-state index contributed by atoms with van der Waals surface area (Å²) in [7, 11) is -5.17. The Bertz CT molecular complexity index is 164. The van der Waals surface area contributed by atoms with Gasteiger partial charge in [0.15, 0.2) is 5.11 Å². The van der Waals surface area contributed by atoms with Crippen molar-refractivity contribution in [1.82, 2.24) is 0 Å². The fourth-order valence-corrected chi connectivity index (χ4v) is 0. The maximum absolute atomic E-state index is 8.52. The van der Waals surface area contributed by atoms with E-state index in [1.165, 1.54) is 0 Å². The quantitative estimate of drug-likeness (QED) is 0.276. The summed E-state index contributed by atoms with van der Waals surface area (Å²) in [5.74, 6) is 0. The Balaban J connectivity index is -0.0000000910. The summed E-state index contributed by atoms with van der Waals surface area (Å²) < 4.78 is 34.1. The smallest absolute Gasteiger partial charge is 0.759 e. The van der Waals surface area contributed by atoms with E-state index in [0.717, 1.165) is 0 Å². The van der Waals surface area contributed by atoms with Crippen LogP contribution in [0.1, 0.15) is 0 Å². The average Bonchev–Trinajstić information content (AvgIpc) is 1.19. The number of thiocarbonyl (C=S) groups is 1. The molecule has 0 aliphatic rings. The molecule has 0 bridgehead atoms. The fraction of sp³-hybridized carbons (Fsp3) is 0. The molecule has 0 saturated carbocycles. The van der Waals surface area contributed by atoms with Gasteiger partial charge in [-0.05, 0) is 12.2 Å².